The van der Waals surface area contributed by atoms with Crippen molar-refractivity contribution in [2.75, 3.05) is 0 Å². The molecule has 0 N–H and O–H groups in total. The molecule has 2 aromatic carbocycles. The molecule has 0 bridgehead atoms. The Hall–Kier alpha value is -2.16. The summed E-state index contributed by atoms with van der Waals surface area (Å²) in [6, 6.07) is 15.2. The van der Waals surface area contributed by atoms with Crippen LogP contribution in [0.5, 0.6) is 0 Å². The van der Waals surface area contributed by atoms with Gasteiger partial charge in [0, 0.05) is 6.07 Å². The predicted octanol–water partition coefficient (Wildman–Crippen LogP) is 3.37. The Labute approximate surface area is 93.5 Å². The molecule has 0 heterocycles. The Morgan fingerprint density at radius 3 is 2.50 bits per heavy atom. The van der Waals surface area contributed by atoms with Crippen LogP contribution in [0.3, 0.4) is 0 Å². The minimum absolute atomic E-state index is 0.136. The van der Waals surface area contributed by atoms with Crippen molar-refractivity contribution < 1.29 is 4.92 Å². The first kappa shape index (κ1) is 10.4. The summed E-state index contributed by atoms with van der Waals surface area (Å²) in [6.07, 6.45) is 0. The fourth-order valence-corrected chi connectivity index (χ4v) is 1.61. The van der Waals surface area contributed by atoms with Crippen LogP contribution in [-0.4, -0.2) is 4.92 Å². The summed E-state index contributed by atoms with van der Waals surface area (Å²) < 4.78 is 0. The van der Waals surface area contributed by atoms with Gasteiger partial charge in [-0.2, -0.15) is 0 Å². The zero-order valence-electron chi connectivity index (χ0n) is 8.81. The fraction of sp³-hybridized carbons (Fsp3) is 0.0769. The van der Waals surface area contributed by atoms with Crippen LogP contribution < -0.4 is 0 Å². The van der Waals surface area contributed by atoms with Gasteiger partial charge in [-0.15, -0.1) is 0 Å². The molecule has 0 spiro atoms. The lowest BCUT2D eigenvalue weighted by atomic mass is 10.0. The Kier molecular flexibility index (Phi) is 2.68. The van der Waals surface area contributed by atoms with Gasteiger partial charge < -0.3 is 0 Å². The van der Waals surface area contributed by atoms with Crippen molar-refractivity contribution >= 4 is 5.69 Å². The monoisotopic (exact) mass is 212 g/mol. The largest absolute Gasteiger partial charge is 0.277 e. The Morgan fingerprint density at radius 2 is 1.88 bits per heavy atom. The van der Waals surface area contributed by atoms with E-state index in [1.165, 1.54) is 0 Å². The normalized spacial score (nSPS) is 10.1. The van der Waals surface area contributed by atoms with Crippen molar-refractivity contribution in [2.45, 2.75) is 6.92 Å². The van der Waals surface area contributed by atoms with E-state index < -0.39 is 0 Å². The summed E-state index contributed by atoms with van der Waals surface area (Å²) in [5.41, 5.74) is 2.64. The average molecular weight is 212 g/mol. The third kappa shape index (κ3) is 1.93. The van der Waals surface area contributed by atoms with E-state index in [1.807, 2.05) is 25.1 Å². The topological polar surface area (TPSA) is 43.1 Å². The van der Waals surface area contributed by atoms with Crippen LogP contribution >= 0.6 is 0 Å². The van der Waals surface area contributed by atoms with Crippen LogP contribution in [0.2, 0.25) is 0 Å². The molecular formula is C13H10NO2. The van der Waals surface area contributed by atoms with Gasteiger partial charge in [0.15, 0.2) is 0 Å². The lowest BCUT2D eigenvalue weighted by Crippen LogP contribution is -1.92. The molecule has 2 aromatic rings. The summed E-state index contributed by atoms with van der Waals surface area (Å²) in [4.78, 5) is 10.5. The van der Waals surface area contributed by atoms with E-state index in [4.69, 9.17) is 0 Å². The van der Waals surface area contributed by atoms with E-state index >= 15 is 0 Å². The van der Waals surface area contributed by atoms with Gasteiger partial charge in [-0.05, 0) is 24.6 Å². The van der Waals surface area contributed by atoms with Gasteiger partial charge in [0.05, 0.1) is 10.5 Å². The molecule has 0 amide bonds. The first-order chi connectivity index (χ1) is 7.68. The fourth-order valence-electron chi connectivity index (χ4n) is 1.61. The molecule has 16 heavy (non-hydrogen) atoms. The van der Waals surface area contributed by atoms with Gasteiger partial charge in [0.2, 0.25) is 0 Å². The second kappa shape index (κ2) is 4.14. The number of nitro benzene ring substituents is 1. The van der Waals surface area contributed by atoms with Crippen LogP contribution in [0.25, 0.3) is 11.1 Å². The van der Waals surface area contributed by atoms with Crippen molar-refractivity contribution in [3.8, 4) is 11.1 Å². The van der Waals surface area contributed by atoms with E-state index in [1.54, 1.807) is 24.3 Å². The SMILES string of the molecule is Cc1ccc([N+](=O)[O-])c(-c2cc[c]cc2)c1. The number of benzene rings is 2. The Bertz CT molecular complexity index is 521. The number of aryl methyl sites for hydroxylation is 1. The second-order valence-corrected chi connectivity index (χ2v) is 3.57. The van der Waals surface area contributed by atoms with Gasteiger partial charge in [-0.25, -0.2) is 0 Å². The first-order valence-corrected chi connectivity index (χ1v) is 4.90. The summed E-state index contributed by atoms with van der Waals surface area (Å²) >= 11 is 0. The zero-order valence-corrected chi connectivity index (χ0v) is 8.81. The highest BCUT2D eigenvalue weighted by molar-refractivity contribution is 5.73. The van der Waals surface area contributed by atoms with Crippen LogP contribution in [0.1, 0.15) is 5.56 Å². The quantitative estimate of drug-likeness (QED) is 0.565. The third-order valence-electron chi connectivity index (χ3n) is 2.38. The highest BCUT2D eigenvalue weighted by atomic mass is 16.6. The minimum Gasteiger partial charge on any atom is -0.258 e. The maximum atomic E-state index is 10.9. The zero-order chi connectivity index (χ0) is 11.5. The van der Waals surface area contributed by atoms with Crippen LogP contribution in [0.15, 0.2) is 42.5 Å². The van der Waals surface area contributed by atoms with Gasteiger partial charge in [0.1, 0.15) is 0 Å². The summed E-state index contributed by atoms with van der Waals surface area (Å²) in [5.74, 6) is 0. The lowest BCUT2D eigenvalue weighted by Gasteiger charge is -2.03. The van der Waals surface area contributed by atoms with E-state index in [-0.39, 0.29) is 10.6 Å². The maximum absolute atomic E-state index is 10.9. The second-order valence-electron chi connectivity index (χ2n) is 3.57. The molecule has 0 unspecified atom stereocenters. The molecule has 3 heteroatoms. The molecule has 2 rings (SSSR count). The molecular weight excluding hydrogens is 202 g/mol. The molecule has 1 radical (unpaired) electrons. The van der Waals surface area contributed by atoms with Gasteiger partial charge in [-0.1, -0.05) is 35.9 Å². The smallest absolute Gasteiger partial charge is 0.258 e. The van der Waals surface area contributed by atoms with E-state index in [0.717, 1.165) is 11.1 Å². The number of nitrogens with zero attached hydrogens (tertiary/aromatic N) is 1. The van der Waals surface area contributed by atoms with E-state index in [2.05, 4.69) is 6.07 Å². The molecule has 0 aliphatic carbocycles. The molecule has 0 saturated heterocycles. The van der Waals surface area contributed by atoms with Crippen molar-refractivity contribution in [2.24, 2.45) is 0 Å². The number of hydrogen-bond donors (Lipinski definition) is 0. The molecule has 0 aliphatic heterocycles. The molecule has 0 atom stereocenters. The Morgan fingerprint density at radius 1 is 1.19 bits per heavy atom. The van der Waals surface area contributed by atoms with Crippen molar-refractivity contribution in [3.63, 3.8) is 0 Å². The summed E-state index contributed by atoms with van der Waals surface area (Å²) in [6.45, 7) is 1.92. The summed E-state index contributed by atoms with van der Waals surface area (Å²) in [5, 5.41) is 10.9. The molecule has 0 aromatic heterocycles. The van der Waals surface area contributed by atoms with Crippen molar-refractivity contribution in [1.82, 2.24) is 0 Å². The maximum Gasteiger partial charge on any atom is 0.277 e. The van der Waals surface area contributed by atoms with Crippen LogP contribution in [0.4, 0.5) is 5.69 Å². The lowest BCUT2D eigenvalue weighted by molar-refractivity contribution is -0.384. The average Bonchev–Trinajstić information content (AvgIpc) is 2.29. The standard InChI is InChI=1S/C13H10NO2/c1-10-7-8-13(14(15)16)12(9-10)11-5-3-2-4-6-11/h3-9H,1H3. The molecule has 3 nitrogen and oxygen atoms in total. The van der Waals surface area contributed by atoms with Crippen molar-refractivity contribution in [3.05, 3.63) is 64.2 Å². The molecule has 0 aliphatic rings. The first-order valence-electron chi connectivity index (χ1n) is 4.90. The number of rotatable bonds is 2. The van der Waals surface area contributed by atoms with Crippen LogP contribution in [0, 0.1) is 23.1 Å². The highest BCUT2D eigenvalue weighted by Crippen LogP contribution is 2.30. The highest BCUT2D eigenvalue weighted by Gasteiger charge is 2.14. The minimum atomic E-state index is -0.356. The van der Waals surface area contributed by atoms with E-state index in [0.29, 0.717) is 5.56 Å². The molecule has 79 valence electrons. The van der Waals surface area contributed by atoms with E-state index in [9.17, 15) is 10.1 Å². The predicted molar refractivity (Wildman–Crippen MR) is 62.1 cm³/mol. The summed E-state index contributed by atoms with van der Waals surface area (Å²) in [7, 11) is 0. The van der Waals surface area contributed by atoms with Crippen LogP contribution in [-0.2, 0) is 0 Å². The van der Waals surface area contributed by atoms with Gasteiger partial charge >= 0.3 is 0 Å². The molecule has 0 fully saturated rings. The van der Waals surface area contributed by atoms with Gasteiger partial charge in [0.25, 0.3) is 5.69 Å². The number of hydrogen-bond acceptors (Lipinski definition) is 2. The molecule has 0 saturated carbocycles. The number of nitro groups is 1. The van der Waals surface area contributed by atoms with Gasteiger partial charge in [-0.3, -0.25) is 10.1 Å². The third-order valence-corrected chi connectivity index (χ3v) is 2.38. The van der Waals surface area contributed by atoms with Crippen molar-refractivity contribution in [1.29, 1.82) is 0 Å². The Balaban J connectivity index is 2.63.